The number of non-ortho nitro benzene ring substituents is 1. The lowest BCUT2D eigenvalue weighted by molar-refractivity contribution is -0.384. The number of nitro benzene ring substituents is 1. The first-order valence-electron chi connectivity index (χ1n) is 12.1. The van der Waals surface area contributed by atoms with Crippen molar-refractivity contribution in [2.75, 3.05) is 4.90 Å². The lowest BCUT2D eigenvalue weighted by Crippen LogP contribution is -2.44. The van der Waals surface area contributed by atoms with E-state index < -0.39 is 10.8 Å². The molecular formula is C29H30N2O4. The predicted molar refractivity (Wildman–Crippen MR) is 135 cm³/mol. The summed E-state index contributed by atoms with van der Waals surface area (Å²) < 4.78 is 0. The Morgan fingerprint density at radius 1 is 0.800 bits per heavy atom. The van der Waals surface area contributed by atoms with Gasteiger partial charge in [0.2, 0.25) is 0 Å². The monoisotopic (exact) mass is 470 g/mol. The van der Waals surface area contributed by atoms with Crippen molar-refractivity contribution in [3.8, 4) is 0 Å². The number of carbonyl (C=O) groups excluding carboxylic acids is 2. The van der Waals surface area contributed by atoms with E-state index in [1.807, 2.05) is 36.4 Å². The number of rotatable bonds is 3. The zero-order chi connectivity index (χ0) is 25.1. The van der Waals surface area contributed by atoms with Crippen LogP contribution in [-0.2, 0) is 9.59 Å². The van der Waals surface area contributed by atoms with Gasteiger partial charge in [0.05, 0.1) is 4.92 Å². The summed E-state index contributed by atoms with van der Waals surface area (Å²) in [6, 6.07) is 16.3. The summed E-state index contributed by atoms with van der Waals surface area (Å²) in [7, 11) is 0. The van der Waals surface area contributed by atoms with E-state index in [9.17, 15) is 19.7 Å². The maximum absolute atomic E-state index is 13.8. The molecule has 35 heavy (non-hydrogen) atoms. The molecule has 1 heterocycles. The van der Waals surface area contributed by atoms with Crippen LogP contribution in [0, 0.1) is 20.9 Å². The number of benzene rings is 2. The molecule has 0 saturated heterocycles. The fraction of sp³-hybridized carbons (Fsp3) is 0.379. The Kier molecular flexibility index (Phi) is 5.31. The normalized spacial score (nSPS) is 21.7. The molecule has 0 spiro atoms. The minimum atomic E-state index is -0.591. The van der Waals surface area contributed by atoms with Crippen molar-refractivity contribution in [3.05, 3.63) is 92.8 Å². The number of hydrogen-bond acceptors (Lipinski definition) is 5. The molecule has 0 amide bonds. The van der Waals surface area contributed by atoms with Crippen LogP contribution < -0.4 is 4.90 Å². The molecule has 3 aliphatic rings. The Morgan fingerprint density at radius 2 is 1.34 bits per heavy atom. The third-order valence-corrected chi connectivity index (χ3v) is 7.34. The fourth-order valence-corrected chi connectivity index (χ4v) is 6.01. The van der Waals surface area contributed by atoms with Gasteiger partial charge < -0.3 is 4.90 Å². The third kappa shape index (κ3) is 4.01. The summed E-state index contributed by atoms with van der Waals surface area (Å²) in [5.41, 5.74) is 4.11. The van der Waals surface area contributed by atoms with Crippen molar-refractivity contribution in [2.45, 2.75) is 59.3 Å². The van der Waals surface area contributed by atoms with Gasteiger partial charge in [0, 0.05) is 59.1 Å². The van der Waals surface area contributed by atoms with Crippen LogP contribution in [0.15, 0.2) is 77.1 Å². The molecule has 0 bridgehead atoms. The first-order chi connectivity index (χ1) is 16.5. The van der Waals surface area contributed by atoms with Crippen molar-refractivity contribution < 1.29 is 14.5 Å². The topological polar surface area (TPSA) is 80.5 Å². The van der Waals surface area contributed by atoms with Crippen molar-refractivity contribution in [3.63, 3.8) is 0 Å². The zero-order valence-corrected chi connectivity index (χ0v) is 20.6. The largest absolute Gasteiger partial charge is 0.317 e. The number of hydrogen-bond donors (Lipinski definition) is 0. The number of carbonyl (C=O) groups is 2. The second-order valence-corrected chi connectivity index (χ2v) is 11.6. The first kappa shape index (κ1) is 23.2. The van der Waals surface area contributed by atoms with Gasteiger partial charge in [-0.25, -0.2) is 0 Å². The number of ketones is 2. The Morgan fingerprint density at radius 3 is 1.86 bits per heavy atom. The Labute approximate surface area is 205 Å². The van der Waals surface area contributed by atoms with Crippen LogP contribution in [0.3, 0.4) is 0 Å². The lowest BCUT2D eigenvalue weighted by Gasteiger charge is -2.49. The van der Waals surface area contributed by atoms with E-state index in [2.05, 4.69) is 32.6 Å². The maximum Gasteiger partial charge on any atom is 0.269 e. The number of nitrogens with zero attached hydrogens (tertiary/aromatic N) is 2. The van der Waals surface area contributed by atoms with Gasteiger partial charge in [0.25, 0.3) is 5.69 Å². The quantitative estimate of drug-likeness (QED) is 0.379. The highest BCUT2D eigenvalue weighted by atomic mass is 16.6. The van der Waals surface area contributed by atoms with E-state index in [-0.39, 0.29) is 28.1 Å². The molecule has 0 radical (unpaired) electrons. The molecule has 0 aromatic heterocycles. The lowest BCUT2D eigenvalue weighted by atomic mass is 9.63. The molecule has 5 rings (SSSR count). The molecule has 2 aromatic rings. The van der Waals surface area contributed by atoms with Crippen molar-refractivity contribution in [1.82, 2.24) is 0 Å². The van der Waals surface area contributed by atoms with E-state index in [1.54, 1.807) is 6.07 Å². The standard InChI is InChI=1S/C29H30N2O4/c1-28(2)14-21-26(23(32)16-28)25(18-9-8-12-20(13-18)31(34)35)27-22(15-29(3,4)17-24(27)33)30(21)19-10-6-5-7-11-19/h5-13,25H,14-17H2,1-4H3. The van der Waals surface area contributed by atoms with Crippen molar-refractivity contribution >= 4 is 22.9 Å². The Hall–Kier alpha value is -3.54. The Balaban J connectivity index is 1.83. The van der Waals surface area contributed by atoms with E-state index in [0.717, 1.165) is 17.1 Å². The average Bonchev–Trinajstić information content (AvgIpc) is 2.76. The van der Waals surface area contributed by atoms with E-state index in [1.165, 1.54) is 12.1 Å². The number of para-hydroxylation sites is 1. The molecule has 0 N–H and O–H groups in total. The number of anilines is 1. The fourth-order valence-electron chi connectivity index (χ4n) is 6.01. The maximum atomic E-state index is 13.8. The van der Waals surface area contributed by atoms with Gasteiger partial charge in [-0.3, -0.25) is 19.7 Å². The minimum Gasteiger partial charge on any atom is -0.317 e. The van der Waals surface area contributed by atoms with E-state index in [0.29, 0.717) is 42.4 Å². The summed E-state index contributed by atoms with van der Waals surface area (Å²) in [6.07, 6.45) is 2.12. The molecule has 2 aliphatic carbocycles. The molecule has 0 atom stereocenters. The average molecular weight is 471 g/mol. The molecule has 0 saturated carbocycles. The molecule has 0 fully saturated rings. The SMILES string of the molecule is CC1(C)CC(=O)C2=C(C1)N(c1ccccc1)C1=C(C(=O)CC(C)(C)C1)C2c1cccc([N+](=O)[O-])c1. The molecule has 1 aliphatic heterocycles. The van der Waals surface area contributed by atoms with Crippen LogP contribution in [0.5, 0.6) is 0 Å². The number of allylic oxidation sites excluding steroid dienone is 4. The van der Waals surface area contributed by atoms with Crippen LogP contribution in [-0.4, -0.2) is 16.5 Å². The summed E-state index contributed by atoms with van der Waals surface area (Å²) in [6.45, 7) is 8.39. The van der Waals surface area contributed by atoms with Crippen LogP contribution in [0.4, 0.5) is 11.4 Å². The van der Waals surface area contributed by atoms with Crippen LogP contribution in [0.1, 0.15) is 64.9 Å². The van der Waals surface area contributed by atoms with Crippen LogP contribution in [0.25, 0.3) is 0 Å². The van der Waals surface area contributed by atoms with Gasteiger partial charge in [-0.15, -0.1) is 0 Å². The van der Waals surface area contributed by atoms with Crippen LogP contribution in [0.2, 0.25) is 0 Å². The number of Topliss-reactive ketones (excluding diaryl/α,β-unsaturated/α-hetero) is 2. The van der Waals surface area contributed by atoms with Gasteiger partial charge in [0.1, 0.15) is 0 Å². The highest BCUT2D eigenvalue weighted by molar-refractivity contribution is 6.08. The van der Waals surface area contributed by atoms with Gasteiger partial charge in [-0.2, -0.15) is 0 Å². The van der Waals surface area contributed by atoms with Crippen molar-refractivity contribution in [1.29, 1.82) is 0 Å². The molecular weight excluding hydrogens is 440 g/mol. The first-order valence-corrected chi connectivity index (χ1v) is 12.1. The molecule has 0 unspecified atom stereocenters. The molecule has 2 aromatic carbocycles. The van der Waals surface area contributed by atoms with Crippen LogP contribution >= 0.6 is 0 Å². The summed E-state index contributed by atoms with van der Waals surface area (Å²) in [5.74, 6) is -0.567. The summed E-state index contributed by atoms with van der Waals surface area (Å²) in [4.78, 5) is 40.9. The van der Waals surface area contributed by atoms with Gasteiger partial charge in [-0.1, -0.05) is 58.0 Å². The van der Waals surface area contributed by atoms with Gasteiger partial charge in [-0.05, 0) is 41.4 Å². The van der Waals surface area contributed by atoms with E-state index >= 15 is 0 Å². The highest BCUT2D eigenvalue weighted by Crippen LogP contribution is 2.55. The van der Waals surface area contributed by atoms with Gasteiger partial charge >= 0.3 is 0 Å². The van der Waals surface area contributed by atoms with Crippen molar-refractivity contribution in [2.24, 2.45) is 10.8 Å². The Bertz CT molecular complexity index is 1260. The summed E-state index contributed by atoms with van der Waals surface area (Å²) in [5, 5.41) is 11.6. The zero-order valence-electron chi connectivity index (χ0n) is 20.6. The molecule has 6 heteroatoms. The predicted octanol–water partition coefficient (Wildman–Crippen LogP) is 6.49. The van der Waals surface area contributed by atoms with E-state index in [4.69, 9.17) is 0 Å². The third-order valence-electron chi connectivity index (χ3n) is 7.34. The smallest absolute Gasteiger partial charge is 0.269 e. The summed E-state index contributed by atoms with van der Waals surface area (Å²) >= 11 is 0. The highest BCUT2D eigenvalue weighted by Gasteiger charge is 2.49. The molecule has 180 valence electrons. The second kappa shape index (κ2) is 8.01. The number of nitro groups is 1. The van der Waals surface area contributed by atoms with Gasteiger partial charge in [0.15, 0.2) is 11.6 Å². The second-order valence-electron chi connectivity index (χ2n) is 11.6. The minimum absolute atomic E-state index is 0.0119. The molecule has 6 nitrogen and oxygen atoms in total.